The van der Waals surface area contributed by atoms with E-state index in [9.17, 15) is 31.1 Å². The third-order valence-corrected chi connectivity index (χ3v) is 6.83. The molecule has 0 spiro atoms. The Morgan fingerprint density at radius 2 is 1.69 bits per heavy atom. The van der Waals surface area contributed by atoms with Gasteiger partial charge in [-0.1, -0.05) is 12.1 Å². The Bertz CT molecular complexity index is 1310. The van der Waals surface area contributed by atoms with Crippen molar-refractivity contribution in [2.45, 2.75) is 71.5 Å². The molecule has 1 unspecified atom stereocenters. The van der Waals surface area contributed by atoms with Gasteiger partial charge in [0.05, 0.1) is 17.2 Å². The zero-order valence-electron chi connectivity index (χ0n) is 21.9. The van der Waals surface area contributed by atoms with Gasteiger partial charge in [-0.25, -0.2) is 0 Å². The van der Waals surface area contributed by atoms with E-state index in [0.717, 1.165) is 16.8 Å². The summed E-state index contributed by atoms with van der Waals surface area (Å²) in [6, 6.07) is 6.60. The molecule has 0 radical (unpaired) electrons. The minimum Gasteiger partial charge on any atom is -0.331 e. The van der Waals surface area contributed by atoms with E-state index in [4.69, 9.17) is 0 Å². The second-order valence-corrected chi connectivity index (χ2v) is 10.1. The van der Waals surface area contributed by atoms with E-state index in [1.807, 2.05) is 48.4 Å². The van der Waals surface area contributed by atoms with Gasteiger partial charge in [-0.2, -0.15) is 26.3 Å². The highest BCUT2D eigenvalue weighted by Crippen LogP contribution is 2.42. The van der Waals surface area contributed by atoms with Crippen LogP contribution in [0.2, 0.25) is 0 Å². The SMILES string of the molecule is CC(=O)N(Cc1cc(C(F)(F)F)cc(C(F)(F)F)c1)C1CCCN(c2nncn2C(C)C)c2cc(C)ccc21. The molecular weight excluding hydrogens is 524 g/mol. The number of nitrogens with zero attached hydrogens (tertiary/aromatic N) is 5. The first-order valence-electron chi connectivity index (χ1n) is 12.5. The maximum atomic E-state index is 13.5. The number of rotatable bonds is 5. The average Bonchev–Trinajstić information content (AvgIpc) is 3.25. The number of aryl methyl sites for hydroxylation is 1. The second kappa shape index (κ2) is 10.5. The molecule has 4 rings (SSSR count). The Morgan fingerprint density at radius 1 is 1.05 bits per heavy atom. The molecule has 6 nitrogen and oxygen atoms in total. The molecular formula is C27H29F6N5O. The molecule has 0 aliphatic carbocycles. The molecule has 210 valence electrons. The normalized spacial score (nSPS) is 16.3. The topological polar surface area (TPSA) is 54.3 Å². The smallest absolute Gasteiger partial charge is 0.331 e. The molecule has 0 saturated carbocycles. The van der Waals surface area contributed by atoms with Crippen molar-refractivity contribution in [3.63, 3.8) is 0 Å². The van der Waals surface area contributed by atoms with E-state index < -0.39 is 42.0 Å². The third kappa shape index (κ3) is 6.04. The van der Waals surface area contributed by atoms with Gasteiger partial charge in [0, 0.05) is 31.7 Å². The summed E-state index contributed by atoms with van der Waals surface area (Å²) in [7, 11) is 0. The highest BCUT2D eigenvalue weighted by Gasteiger charge is 2.38. The van der Waals surface area contributed by atoms with Crippen molar-refractivity contribution in [3.05, 3.63) is 70.5 Å². The third-order valence-electron chi connectivity index (χ3n) is 6.83. The molecule has 1 aliphatic heterocycles. The van der Waals surface area contributed by atoms with Crippen LogP contribution in [0, 0.1) is 6.92 Å². The van der Waals surface area contributed by atoms with Crippen LogP contribution >= 0.6 is 0 Å². The Kier molecular flexibility index (Phi) is 7.68. The lowest BCUT2D eigenvalue weighted by Gasteiger charge is -2.33. The number of alkyl halides is 6. The fourth-order valence-electron chi connectivity index (χ4n) is 4.96. The molecule has 1 aromatic heterocycles. The largest absolute Gasteiger partial charge is 0.416 e. The van der Waals surface area contributed by atoms with Crippen LogP contribution in [0.5, 0.6) is 0 Å². The number of anilines is 2. The van der Waals surface area contributed by atoms with E-state index in [-0.39, 0.29) is 17.7 Å². The lowest BCUT2D eigenvalue weighted by Crippen LogP contribution is -2.33. The Morgan fingerprint density at radius 3 is 2.26 bits per heavy atom. The van der Waals surface area contributed by atoms with Gasteiger partial charge in [0.1, 0.15) is 6.33 Å². The summed E-state index contributed by atoms with van der Waals surface area (Å²) in [4.78, 5) is 16.2. The molecule has 1 aliphatic rings. The molecule has 1 amide bonds. The molecule has 12 heteroatoms. The van der Waals surface area contributed by atoms with Crippen molar-refractivity contribution >= 4 is 17.5 Å². The second-order valence-electron chi connectivity index (χ2n) is 10.1. The molecule has 0 bridgehead atoms. The Hall–Kier alpha value is -3.57. The van der Waals surface area contributed by atoms with E-state index >= 15 is 0 Å². The minimum atomic E-state index is -4.98. The van der Waals surface area contributed by atoms with Crippen LogP contribution in [0.3, 0.4) is 0 Å². The summed E-state index contributed by atoms with van der Waals surface area (Å²) in [5, 5.41) is 8.38. The summed E-state index contributed by atoms with van der Waals surface area (Å²) in [5.74, 6) is 0.149. The van der Waals surface area contributed by atoms with E-state index in [1.165, 1.54) is 11.8 Å². The Balaban J connectivity index is 1.79. The number of hydrogen-bond donors (Lipinski definition) is 0. The number of carbonyl (C=O) groups is 1. The highest BCUT2D eigenvalue weighted by atomic mass is 19.4. The fourth-order valence-corrected chi connectivity index (χ4v) is 4.96. The van der Waals surface area contributed by atoms with Crippen molar-refractivity contribution in [2.24, 2.45) is 0 Å². The summed E-state index contributed by atoms with van der Waals surface area (Å²) in [5.41, 5.74) is -0.633. The standard InChI is InChI=1S/C27H29F6N5O/c1-16(2)38-15-34-35-25(38)36-9-5-6-23(22-8-7-17(3)10-24(22)36)37(18(4)39)14-19-11-20(26(28,29)30)13-21(12-19)27(31,32)33/h7-8,10-13,15-16,23H,5-6,9,14H2,1-4H3. The van der Waals surface area contributed by atoms with Gasteiger partial charge in [-0.3, -0.25) is 9.36 Å². The Labute approximate surface area is 222 Å². The predicted octanol–water partition coefficient (Wildman–Crippen LogP) is 7.23. The van der Waals surface area contributed by atoms with Crippen LogP contribution in [0.1, 0.15) is 73.5 Å². The first-order valence-corrected chi connectivity index (χ1v) is 12.5. The van der Waals surface area contributed by atoms with Crippen LogP contribution in [-0.4, -0.2) is 32.1 Å². The van der Waals surface area contributed by atoms with Gasteiger partial charge in [0.25, 0.3) is 0 Å². The van der Waals surface area contributed by atoms with Crippen molar-refractivity contribution in [1.29, 1.82) is 0 Å². The quantitative estimate of drug-likeness (QED) is 0.313. The van der Waals surface area contributed by atoms with Crippen LogP contribution < -0.4 is 4.90 Å². The van der Waals surface area contributed by atoms with Gasteiger partial charge >= 0.3 is 12.4 Å². The number of aromatic nitrogens is 3. The molecule has 3 aromatic rings. The van der Waals surface area contributed by atoms with Gasteiger partial charge in [0.15, 0.2) is 0 Å². The van der Waals surface area contributed by atoms with Crippen LogP contribution in [0.25, 0.3) is 0 Å². The van der Waals surface area contributed by atoms with Crippen molar-refractivity contribution in [3.8, 4) is 0 Å². The average molecular weight is 554 g/mol. The number of carbonyl (C=O) groups excluding carboxylic acids is 1. The highest BCUT2D eigenvalue weighted by molar-refractivity contribution is 5.75. The van der Waals surface area contributed by atoms with Crippen molar-refractivity contribution in [2.75, 3.05) is 11.4 Å². The molecule has 0 saturated heterocycles. The summed E-state index contributed by atoms with van der Waals surface area (Å²) in [6.45, 7) is 7.28. The maximum Gasteiger partial charge on any atom is 0.416 e. The zero-order chi connectivity index (χ0) is 28.7. The summed E-state index contributed by atoms with van der Waals surface area (Å²) in [6.07, 6.45) is -7.28. The first kappa shape index (κ1) is 28.4. The molecule has 0 fully saturated rings. The van der Waals surface area contributed by atoms with Crippen molar-refractivity contribution < 1.29 is 31.1 Å². The van der Waals surface area contributed by atoms with Gasteiger partial charge in [-0.15, -0.1) is 10.2 Å². The fraction of sp³-hybridized carbons (Fsp3) is 0.444. The molecule has 0 N–H and O–H groups in total. The molecule has 39 heavy (non-hydrogen) atoms. The number of fused-ring (bicyclic) bond motifs is 1. The number of hydrogen-bond acceptors (Lipinski definition) is 4. The van der Waals surface area contributed by atoms with Gasteiger partial charge in [-0.05, 0) is 74.6 Å². The van der Waals surface area contributed by atoms with Crippen molar-refractivity contribution in [1.82, 2.24) is 19.7 Å². The van der Waals surface area contributed by atoms with Gasteiger partial charge in [0.2, 0.25) is 11.9 Å². The lowest BCUT2D eigenvalue weighted by molar-refractivity contribution is -0.143. The van der Waals surface area contributed by atoms with Crippen LogP contribution in [0.15, 0.2) is 42.7 Å². The number of amides is 1. The van der Waals surface area contributed by atoms with Crippen LogP contribution in [0.4, 0.5) is 38.0 Å². The maximum absolute atomic E-state index is 13.5. The van der Waals surface area contributed by atoms with Crippen LogP contribution in [-0.2, 0) is 23.7 Å². The predicted molar refractivity (Wildman–Crippen MR) is 133 cm³/mol. The minimum absolute atomic E-state index is 0.0692. The van der Waals surface area contributed by atoms with E-state index in [2.05, 4.69) is 10.2 Å². The molecule has 1 atom stereocenters. The first-order chi connectivity index (χ1) is 18.2. The summed E-state index contributed by atoms with van der Waals surface area (Å²) >= 11 is 0. The zero-order valence-corrected chi connectivity index (χ0v) is 21.9. The van der Waals surface area contributed by atoms with E-state index in [1.54, 1.807) is 6.33 Å². The summed E-state index contributed by atoms with van der Waals surface area (Å²) < 4.78 is 82.8. The monoisotopic (exact) mass is 553 g/mol. The lowest BCUT2D eigenvalue weighted by atomic mass is 9.97. The molecule has 2 heterocycles. The molecule has 2 aromatic carbocycles. The number of benzene rings is 2. The van der Waals surface area contributed by atoms with E-state index in [0.29, 0.717) is 37.5 Å². The number of halogens is 6. The van der Waals surface area contributed by atoms with Gasteiger partial charge < -0.3 is 9.80 Å².